The van der Waals surface area contributed by atoms with E-state index in [9.17, 15) is 4.79 Å². The van der Waals surface area contributed by atoms with E-state index in [0.717, 1.165) is 5.82 Å². The van der Waals surface area contributed by atoms with Gasteiger partial charge in [0.1, 0.15) is 11.9 Å². The summed E-state index contributed by atoms with van der Waals surface area (Å²) in [5.74, 6) is 1.79. The zero-order chi connectivity index (χ0) is 16.4. The molecule has 1 aromatic heterocycles. The Hall–Kier alpha value is -2.76. The highest BCUT2D eigenvalue weighted by atomic mass is 16.6. The van der Waals surface area contributed by atoms with Crippen LogP contribution in [-0.4, -0.2) is 37.2 Å². The number of hydrogen-bond acceptors (Lipinski definition) is 5. The smallest absolute Gasteiger partial charge is 0.269 e. The zero-order valence-electron chi connectivity index (χ0n) is 13.3. The summed E-state index contributed by atoms with van der Waals surface area (Å²) in [6.07, 6.45) is 0.535. The molecule has 0 fully saturated rings. The summed E-state index contributed by atoms with van der Waals surface area (Å²) in [5, 5.41) is 2.81. The van der Waals surface area contributed by atoms with Crippen molar-refractivity contribution in [1.29, 1.82) is 0 Å². The number of nitrogens with one attached hydrogen (secondary N) is 1. The van der Waals surface area contributed by atoms with Crippen molar-refractivity contribution in [3.05, 3.63) is 42.6 Å². The summed E-state index contributed by atoms with van der Waals surface area (Å²) in [6.45, 7) is 1.81. The van der Waals surface area contributed by atoms with Crippen molar-refractivity contribution in [3.8, 4) is 11.5 Å². The standard InChI is InChI=1S/C17H19N3O3/c1-11-16(23-14-7-5-4-6-13(14)22-11)17(21)19-12-8-9-15(18-10-12)20(2)3/h4-11,16H,1-3H3,(H,19,21)/t11-,16+/m1/s1. The van der Waals surface area contributed by atoms with Gasteiger partial charge >= 0.3 is 0 Å². The summed E-state index contributed by atoms with van der Waals surface area (Å²) in [6, 6.07) is 11.0. The van der Waals surface area contributed by atoms with Crippen LogP contribution in [0, 0.1) is 0 Å². The third-order valence-corrected chi connectivity index (χ3v) is 3.57. The molecule has 0 saturated carbocycles. The second-order valence-corrected chi connectivity index (χ2v) is 5.60. The third kappa shape index (κ3) is 3.21. The number of amides is 1. The molecule has 1 N–H and O–H groups in total. The molecular formula is C17H19N3O3. The molecule has 2 aromatic rings. The zero-order valence-corrected chi connectivity index (χ0v) is 13.3. The van der Waals surface area contributed by atoms with E-state index < -0.39 is 6.10 Å². The molecule has 0 saturated heterocycles. The Labute approximate surface area is 135 Å². The number of ether oxygens (including phenoxy) is 2. The van der Waals surface area contributed by atoms with Crippen molar-refractivity contribution in [2.45, 2.75) is 19.1 Å². The number of carbonyl (C=O) groups excluding carboxylic acids is 1. The molecule has 1 amide bonds. The molecular weight excluding hydrogens is 294 g/mol. The second kappa shape index (κ2) is 6.16. The summed E-state index contributed by atoms with van der Waals surface area (Å²) in [5.41, 5.74) is 0.621. The fraction of sp³-hybridized carbons (Fsp3) is 0.294. The number of pyridine rings is 1. The molecule has 120 valence electrons. The Balaban J connectivity index is 1.71. The van der Waals surface area contributed by atoms with Gasteiger partial charge < -0.3 is 19.7 Å². The lowest BCUT2D eigenvalue weighted by Gasteiger charge is -2.31. The summed E-state index contributed by atoms with van der Waals surface area (Å²) >= 11 is 0. The molecule has 1 aromatic carbocycles. The normalized spacial score (nSPS) is 19.1. The third-order valence-electron chi connectivity index (χ3n) is 3.57. The highest BCUT2D eigenvalue weighted by Gasteiger charge is 2.34. The van der Waals surface area contributed by atoms with Crippen molar-refractivity contribution in [2.24, 2.45) is 0 Å². The predicted molar refractivity (Wildman–Crippen MR) is 88.1 cm³/mol. The first-order valence-electron chi connectivity index (χ1n) is 7.41. The van der Waals surface area contributed by atoms with Crippen LogP contribution in [-0.2, 0) is 4.79 Å². The van der Waals surface area contributed by atoms with Crippen molar-refractivity contribution in [1.82, 2.24) is 4.98 Å². The van der Waals surface area contributed by atoms with Gasteiger partial charge in [-0.1, -0.05) is 12.1 Å². The van der Waals surface area contributed by atoms with E-state index in [4.69, 9.17) is 9.47 Å². The van der Waals surface area contributed by atoms with Crippen LogP contribution in [0.25, 0.3) is 0 Å². The molecule has 1 aliphatic rings. The average molecular weight is 313 g/mol. The van der Waals surface area contributed by atoms with Crippen molar-refractivity contribution < 1.29 is 14.3 Å². The van der Waals surface area contributed by atoms with Crippen LogP contribution < -0.4 is 19.7 Å². The predicted octanol–water partition coefficient (Wildman–Crippen LogP) is 2.31. The van der Waals surface area contributed by atoms with Gasteiger partial charge in [0.2, 0.25) is 6.10 Å². The second-order valence-electron chi connectivity index (χ2n) is 5.60. The van der Waals surface area contributed by atoms with Gasteiger partial charge in [-0.3, -0.25) is 4.79 Å². The summed E-state index contributed by atoms with van der Waals surface area (Å²) < 4.78 is 11.5. The van der Waals surface area contributed by atoms with E-state index in [-0.39, 0.29) is 12.0 Å². The minimum absolute atomic E-state index is 0.258. The van der Waals surface area contributed by atoms with Gasteiger partial charge in [0.05, 0.1) is 11.9 Å². The highest BCUT2D eigenvalue weighted by molar-refractivity contribution is 5.95. The molecule has 0 unspecified atom stereocenters. The quantitative estimate of drug-likeness (QED) is 0.942. The molecule has 1 aliphatic heterocycles. The van der Waals surface area contributed by atoms with Crippen LogP contribution >= 0.6 is 0 Å². The van der Waals surface area contributed by atoms with Gasteiger partial charge in [0.15, 0.2) is 11.5 Å². The average Bonchev–Trinajstić information content (AvgIpc) is 2.54. The molecule has 2 atom stereocenters. The van der Waals surface area contributed by atoms with Gasteiger partial charge in [-0.2, -0.15) is 0 Å². The first kappa shape index (κ1) is 15.1. The van der Waals surface area contributed by atoms with Crippen molar-refractivity contribution in [2.75, 3.05) is 24.3 Å². The van der Waals surface area contributed by atoms with Crippen LogP contribution in [0.2, 0.25) is 0 Å². The van der Waals surface area contributed by atoms with Crippen LogP contribution in [0.15, 0.2) is 42.6 Å². The van der Waals surface area contributed by atoms with E-state index in [1.54, 1.807) is 12.3 Å². The van der Waals surface area contributed by atoms with Crippen LogP contribution in [0.4, 0.5) is 11.5 Å². The maximum absolute atomic E-state index is 12.5. The lowest BCUT2D eigenvalue weighted by molar-refractivity contribution is -0.128. The molecule has 3 rings (SSSR count). The minimum Gasteiger partial charge on any atom is -0.482 e. The number of carbonyl (C=O) groups is 1. The number of aromatic nitrogens is 1. The Morgan fingerprint density at radius 3 is 2.43 bits per heavy atom. The molecule has 6 nitrogen and oxygen atoms in total. The Kier molecular flexibility index (Phi) is 4.06. The number of para-hydroxylation sites is 2. The monoisotopic (exact) mass is 313 g/mol. The number of benzene rings is 1. The van der Waals surface area contributed by atoms with E-state index in [0.29, 0.717) is 17.2 Å². The van der Waals surface area contributed by atoms with Crippen molar-refractivity contribution >= 4 is 17.4 Å². The number of nitrogens with zero attached hydrogens (tertiary/aromatic N) is 2. The SMILES string of the molecule is C[C@H]1Oc2ccccc2O[C@@H]1C(=O)Nc1ccc(N(C)C)nc1. The molecule has 23 heavy (non-hydrogen) atoms. The molecule has 6 heteroatoms. The fourth-order valence-corrected chi connectivity index (χ4v) is 2.34. The van der Waals surface area contributed by atoms with E-state index in [1.807, 2.05) is 56.3 Å². The van der Waals surface area contributed by atoms with Gasteiger partial charge in [-0.15, -0.1) is 0 Å². The first-order valence-corrected chi connectivity index (χ1v) is 7.41. The maximum Gasteiger partial charge on any atom is 0.269 e. The van der Waals surface area contributed by atoms with Crippen molar-refractivity contribution in [3.63, 3.8) is 0 Å². The number of fused-ring (bicyclic) bond motifs is 1. The van der Waals surface area contributed by atoms with Gasteiger partial charge in [0.25, 0.3) is 5.91 Å². The highest BCUT2D eigenvalue weighted by Crippen LogP contribution is 2.33. The van der Waals surface area contributed by atoms with Crippen LogP contribution in [0.3, 0.4) is 0 Å². The van der Waals surface area contributed by atoms with E-state index in [2.05, 4.69) is 10.3 Å². The van der Waals surface area contributed by atoms with E-state index >= 15 is 0 Å². The molecule has 0 aliphatic carbocycles. The number of rotatable bonds is 3. The van der Waals surface area contributed by atoms with E-state index in [1.165, 1.54) is 0 Å². The Morgan fingerprint density at radius 1 is 1.13 bits per heavy atom. The van der Waals surface area contributed by atoms with Crippen LogP contribution in [0.1, 0.15) is 6.92 Å². The summed E-state index contributed by atoms with van der Waals surface area (Å²) in [4.78, 5) is 18.6. The molecule has 0 spiro atoms. The first-order chi connectivity index (χ1) is 11.0. The molecule has 0 radical (unpaired) electrons. The van der Waals surface area contributed by atoms with Gasteiger partial charge in [-0.05, 0) is 31.2 Å². The lowest BCUT2D eigenvalue weighted by Crippen LogP contribution is -2.46. The van der Waals surface area contributed by atoms with Crippen LogP contribution in [0.5, 0.6) is 11.5 Å². The topological polar surface area (TPSA) is 63.7 Å². The minimum atomic E-state index is -0.710. The number of anilines is 2. The molecule has 0 bridgehead atoms. The Morgan fingerprint density at radius 2 is 1.83 bits per heavy atom. The number of hydrogen-bond donors (Lipinski definition) is 1. The Bertz CT molecular complexity index is 700. The van der Waals surface area contributed by atoms with Gasteiger partial charge in [-0.25, -0.2) is 4.98 Å². The van der Waals surface area contributed by atoms with Gasteiger partial charge in [0, 0.05) is 14.1 Å². The summed E-state index contributed by atoms with van der Waals surface area (Å²) in [7, 11) is 3.82. The fourth-order valence-electron chi connectivity index (χ4n) is 2.34. The lowest BCUT2D eigenvalue weighted by atomic mass is 10.1. The molecule has 2 heterocycles. The largest absolute Gasteiger partial charge is 0.482 e. The maximum atomic E-state index is 12.5.